The van der Waals surface area contributed by atoms with Gasteiger partial charge in [0.05, 0.1) is 12.0 Å². The summed E-state index contributed by atoms with van der Waals surface area (Å²) in [5, 5.41) is 13.5. The maximum Gasteiger partial charge on any atom is 0.407 e. The molecule has 0 aromatic heterocycles. The van der Waals surface area contributed by atoms with Gasteiger partial charge in [-0.1, -0.05) is 0 Å². The van der Waals surface area contributed by atoms with Gasteiger partial charge in [-0.25, -0.2) is 4.79 Å². The van der Waals surface area contributed by atoms with Gasteiger partial charge in [0.1, 0.15) is 5.60 Å². The number of hydrogen-bond acceptors (Lipinski definition) is 4. The lowest BCUT2D eigenvalue weighted by molar-refractivity contribution is -0.138. The van der Waals surface area contributed by atoms with Crippen LogP contribution < -0.4 is 10.6 Å². The molecule has 0 fully saturated rings. The van der Waals surface area contributed by atoms with Crippen LogP contribution in [0.1, 0.15) is 34.1 Å². The molecule has 0 radical (unpaired) electrons. The highest BCUT2D eigenvalue weighted by molar-refractivity contribution is 5.70. The maximum atomic E-state index is 11.4. The first-order chi connectivity index (χ1) is 8.08. The molecule has 1 atom stereocenters. The fourth-order valence-corrected chi connectivity index (χ4v) is 1.22. The van der Waals surface area contributed by atoms with Crippen LogP contribution in [0.25, 0.3) is 0 Å². The molecule has 0 aromatic carbocycles. The van der Waals surface area contributed by atoms with Crippen LogP contribution in [0.4, 0.5) is 4.79 Å². The summed E-state index contributed by atoms with van der Waals surface area (Å²) in [6, 6.07) is 0. The molecule has 0 heterocycles. The highest BCUT2D eigenvalue weighted by Gasteiger charge is 2.28. The number of hydrogen-bond donors (Lipinski definition) is 3. The van der Waals surface area contributed by atoms with Crippen molar-refractivity contribution in [1.29, 1.82) is 0 Å². The lowest BCUT2D eigenvalue weighted by Crippen LogP contribution is -2.52. The molecule has 0 aromatic rings. The Morgan fingerprint density at radius 1 is 1.28 bits per heavy atom. The predicted molar refractivity (Wildman–Crippen MR) is 64.1 cm³/mol. The Bertz CT molecular complexity index is 324. The van der Waals surface area contributed by atoms with E-state index in [9.17, 15) is 14.4 Å². The molecule has 0 aliphatic rings. The van der Waals surface area contributed by atoms with Gasteiger partial charge in [0.25, 0.3) is 0 Å². The summed E-state index contributed by atoms with van der Waals surface area (Å²) in [6.07, 6.45) is -0.562. The van der Waals surface area contributed by atoms with Crippen LogP contribution in [0.15, 0.2) is 0 Å². The summed E-state index contributed by atoms with van der Waals surface area (Å²) in [6.45, 7) is 6.63. The van der Waals surface area contributed by atoms with Gasteiger partial charge in [-0.15, -0.1) is 0 Å². The third-order valence-electron chi connectivity index (χ3n) is 1.97. The third-order valence-corrected chi connectivity index (χ3v) is 1.97. The number of nitrogens with one attached hydrogen (secondary N) is 2. The molecular formula is C11H20N2O5. The first kappa shape index (κ1) is 16.2. The van der Waals surface area contributed by atoms with Crippen LogP contribution in [0.3, 0.4) is 0 Å². The van der Waals surface area contributed by atoms with Crippen LogP contribution in [-0.4, -0.2) is 41.3 Å². The molecule has 1 unspecified atom stereocenters. The average Bonchev–Trinajstić information content (AvgIpc) is 2.11. The van der Waals surface area contributed by atoms with Crippen LogP contribution in [0.2, 0.25) is 0 Å². The first-order valence-corrected chi connectivity index (χ1v) is 5.48. The molecule has 2 amide bonds. The fraction of sp³-hybridized carbons (Fsp3) is 0.727. The van der Waals surface area contributed by atoms with Crippen molar-refractivity contribution in [3.8, 4) is 0 Å². The quantitative estimate of drug-likeness (QED) is 0.603. The number of amides is 2. The summed E-state index contributed by atoms with van der Waals surface area (Å²) < 4.78 is 5.00. The maximum absolute atomic E-state index is 11.4. The van der Waals surface area contributed by atoms with Gasteiger partial charge in [0.2, 0.25) is 6.41 Å². The third kappa shape index (κ3) is 7.48. The van der Waals surface area contributed by atoms with E-state index in [1.807, 2.05) is 0 Å². The van der Waals surface area contributed by atoms with E-state index >= 15 is 0 Å². The fourth-order valence-electron chi connectivity index (χ4n) is 1.22. The Hall–Kier alpha value is -1.79. The second-order valence-corrected chi connectivity index (χ2v) is 5.25. The van der Waals surface area contributed by atoms with Crippen molar-refractivity contribution in [1.82, 2.24) is 10.6 Å². The molecule has 0 aliphatic heterocycles. The molecular weight excluding hydrogens is 240 g/mol. The Balaban J connectivity index is 4.39. The molecule has 18 heavy (non-hydrogen) atoms. The number of alkyl carbamates (subject to hydrolysis) is 1. The molecule has 7 nitrogen and oxygen atoms in total. The van der Waals surface area contributed by atoms with E-state index in [-0.39, 0.29) is 13.0 Å². The molecule has 0 aliphatic carbocycles. The van der Waals surface area contributed by atoms with Crippen molar-refractivity contribution in [2.75, 3.05) is 6.54 Å². The first-order valence-electron chi connectivity index (χ1n) is 5.48. The van der Waals surface area contributed by atoms with Crippen molar-refractivity contribution in [2.24, 2.45) is 0 Å². The smallest absolute Gasteiger partial charge is 0.407 e. The summed E-state index contributed by atoms with van der Waals surface area (Å²) in [5.41, 5.74) is -1.68. The summed E-state index contributed by atoms with van der Waals surface area (Å²) >= 11 is 0. The number of rotatable bonds is 6. The predicted octanol–water partition coefficient (Wildman–Crippen LogP) is 0.491. The van der Waals surface area contributed by atoms with Gasteiger partial charge in [0, 0.05) is 6.54 Å². The zero-order valence-electron chi connectivity index (χ0n) is 11.1. The highest BCUT2D eigenvalue weighted by Crippen LogP contribution is 2.09. The van der Waals surface area contributed by atoms with Crippen molar-refractivity contribution < 1.29 is 24.2 Å². The summed E-state index contributed by atoms with van der Waals surface area (Å²) in [4.78, 5) is 32.5. The normalized spacial score (nSPS) is 14.2. The van der Waals surface area contributed by atoms with Crippen LogP contribution in [0, 0.1) is 0 Å². The number of carbonyl (C=O) groups is 3. The molecule has 104 valence electrons. The van der Waals surface area contributed by atoms with E-state index in [0.29, 0.717) is 6.41 Å². The zero-order valence-corrected chi connectivity index (χ0v) is 11.1. The molecule has 7 heteroatoms. The number of ether oxygens (including phenoxy) is 1. The second-order valence-electron chi connectivity index (χ2n) is 5.25. The SMILES string of the molecule is CC(CNC(=O)OC(C)(C)C)(CC(=O)O)NC=O. The lowest BCUT2D eigenvalue weighted by Gasteiger charge is -2.28. The summed E-state index contributed by atoms with van der Waals surface area (Å²) in [5.74, 6) is -1.07. The lowest BCUT2D eigenvalue weighted by atomic mass is 9.98. The van der Waals surface area contributed by atoms with E-state index in [1.165, 1.54) is 6.92 Å². The molecule has 0 spiro atoms. The molecule has 0 saturated heterocycles. The van der Waals surface area contributed by atoms with Gasteiger partial charge in [-0.2, -0.15) is 0 Å². The Kier molecular flexibility index (Phi) is 5.61. The molecule has 0 saturated carbocycles. The largest absolute Gasteiger partial charge is 0.481 e. The Morgan fingerprint density at radius 3 is 2.22 bits per heavy atom. The molecule has 0 rings (SSSR count). The van der Waals surface area contributed by atoms with Gasteiger partial charge >= 0.3 is 12.1 Å². The van der Waals surface area contributed by atoms with Crippen molar-refractivity contribution >= 4 is 18.5 Å². The molecule has 3 N–H and O–H groups in total. The van der Waals surface area contributed by atoms with Gasteiger partial charge in [0.15, 0.2) is 0 Å². The van der Waals surface area contributed by atoms with Gasteiger partial charge in [-0.05, 0) is 27.7 Å². The van der Waals surface area contributed by atoms with E-state index in [1.54, 1.807) is 20.8 Å². The molecule has 0 bridgehead atoms. The van der Waals surface area contributed by atoms with Crippen LogP contribution in [0.5, 0.6) is 0 Å². The van der Waals surface area contributed by atoms with E-state index in [2.05, 4.69) is 10.6 Å². The van der Waals surface area contributed by atoms with E-state index < -0.39 is 23.2 Å². The van der Waals surface area contributed by atoms with Crippen LogP contribution >= 0.6 is 0 Å². The minimum absolute atomic E-state index is 0.0348. The number of carboxylic acid groups (broad SMARTS) is 1. The zero-order chi connectivity index (χ0) is 14.4. The van der Waals surface area contributed by atoms with E-state index in [4.69, 9.17) is 9.84 Å². The number of aliphatic carboxylic acids is 1. The number of carbonyl (C=O) groups excluding carboxylic acids is 2. The standard InChI is InChI=1S/C11H20N2O5/c1-10(2,3)18-9(17)12-6-11(4,13-7-14)5-8(15)16/h7H,5-6H2,1-4H3,(H,12,17)(H,13,14)(H,15,16). The Labute approximate surface area is 106 Å². The highest BCUT2D eigenvalue weighted by atomic mass is 16.6. The van der Waals surface area contributed by atoms with Gasteiger partial charge < -0.3 is 20.5 Å². The van der Waals surface area contributed by atoms with Crippen molar-refractivity contribution in [3.05, 3.63) is 0 Å². The minimum Gasteiger partial charge on any atom is -0.481 e. The monoisotopic (exact) mass is 260 g/mol. The van der Waals surface area contributed by atoms with Crippen molar-refractivity contribution in [2.45, 2.75) is 45.3 Å². The van der Waals surface area contributed by atoms with Crippen molar-refractivity contribution in [3.63, 3.8) is 0 Å². The second kappa shape index (κ2) is 6.23. The number of carboxylic acids is 1. The van der Waals surface area contributed by atoms with E-state index in [0.717, 1.165) is 0 Å². The average molecular weight is 260 g/mol. The minimum atomic E-state index is -1.07. The van der Waals surface area contributed by atoms with Gasteiger partial charge in [-0.3, -0.25) is 9.59 Å². The Morgan fingerprint density at radius 2 is 1.83 bits per heavy atom. The van der Waals surface area contributed by atoms with Crippen LogP contribution in [-0.2, 0) is 14.3 Å². The topological polar surface area (TPSA) is 105 Å². The summed E-state index contributed by atoms with van der Waals surface area (Å²) in [7, 11) is 0.